The number of thiophene rings is 1. The van der Waals surface area contributed by atoms with Gasteiger partial charge in [0.25, 0.3) is 0 Å². The van der Waals surface area contributed by atoms with Crippen LogP contribution in [0.3, 0.4) is 0 Å². The van der Waals surface area contributed by atoms with E-state index in [9.17, 15) is 9.59 Å². The third-order valence-corrected chi connectivity index (χ3v) is 6.95. The van der Waals surface area contributed by atoms with Crippen LogP contribution in [-0.2, 0) is 11.2 Å². The smallest absolute Gasteiger partial charge is 0.323 e. The number of nitrogens with one attached hydrogen (secondary N) is 2. The third-order valence-electron chi connectivity index (χ3n) is 5.97. The van der Waals surface area contributed by atoms with Gasteiger partial charge in [-0.25, -0.2) is 14.8 Å². The van der Waals surface area contributed by atoms with Crippen LogP contribution in [0.1, 0.15) is 17.5 Å². The molecule has 8 heteroatoms. The number of hydrogen-bond donors (Lipinski definition) is 3. The molecule has 7 nitrogen and oxygen atoms in total. The Morgan fingerprint density at radius 2 is 1.46 bits per heavy atom. The molecule has 0 saturated carbocycles. The van der Waals surface area contributed by atoms with Crippen molar-refractivity contribution >= 4 is 44.9 Å². The van der Waals surface area contributed by atoms with Crippen molar-refractivity contribution in [3.63, 3.8) is 0 Å². The summed E-state index contributed by atoms with van der Waals surface area (Å²) in [5.41, 5.74) is 8.18. The fourth-order valence-electron chi connectivity index (χ4n) is 4.01. The van der Waals surface area contributed by atoms with Crippen molar-refractivity contribution in [2.75, 3.05) is 10.6 Å². The maximum absolute atomic E-state index is 12.4. The summed E-state index contributed by atoms with van der Waals surface area (Å²) in [5.74, 6) is -0.800. The number of aryl methyl sites for hydroxylation is 2. The second kappa shape index (κ2) is 10.6. The zero-order valence-corrected chi connectivity index (χ0v) is 20.9. The van der Waals surface area contributed by atoms with Gasteiger partial charge in [0.2, 0.25) is 0 Å². The van der Waals surface area contributed by atoms with Gasteiger partial charge in [0.05, 0.1) is 15.9 Å². The van der Waals surface area contributed by atoms with Gasteiger partial charge in [0, 0.05) is 34.3 Å². The molecule has 2 heterocycles. The van der Waals surface area contributed by atoms with Gasteiger partial charge in [0.15, 0.2) is 0 Å². The quantitative estimate of drug-likeness (QED) is 0.220. The van der Waals surface area contributed by atoms with E-state index in [0.717, 1.165) is 49.4 Å². The van der Waals surface area contributed by atoms with Crippen LogP contribution < -0.4 is 10.6 Å². The number of fused-ring (bicyclic) bond motifs is 1. The molecule has 0 aliphatic carbocycles. The third kappa shape index (κ3) is 5.65. The molecule has 0 fully saturated rings. The first-order chi connectivity index (χ1) is 18.0. The summed E-state index contributed by atoms with van der Waals surface area (Å²) >= 11 is 1.58. The highest BCUT2D eigenvalue weighted by molar-refractivity contribution is 7.18. The number of aliphatic carboxylic acids is 1. The molecule has 5 aromatic rings. The number of carboxylic acid groups (broad SMARTS) is 1. The van der Waals surface area contributed by atoms with Crippen LogP contribution in [0.15, 0.2) is 84.5 Å². The number of carbonyl (C=O) groups is 2. The predicted octanol–water partition coefficient (Wildman–Crippen LogP) is 6.99. The molecule has 0 unspecified atom stereocenters. The largest absolute Gasteiger partial charge is 0.481 e. The van der Waals surface area contributed by atoms with Gasteiger partial charge >= 0.3 is 12.0 Å². The lowest BCUT2D eigenvalue weighted by Gasteiger charge is -2.09. The second-order valence-corrected chi connectivity index (χ2v) is 9.54. The number of nitrogens with zero attached hydrogens (tertiary/aromatic N) is 2. The summed E-state index contributed by atoms with van der Waals surface area (Å²) in [6.45, 7) is 2.00. The SMILES string of the molecule is Cc1ccc(NC(=O)Nc2ccc(-c3ncnc4c(-c5ccc(CCC(=O)O)cc5)csc34)cc2)cc1. The summed E-state index contributed by atoms with van der Waals surface area (Å²) in [6, 6.07) is 22.8. The summed E-state index contributed by atoms with van der Waals surface area (Å²) in [6.07, 6.45) is 2.18. The van der Waals surface area contributed by atoms with Crippen LogP contribution >= 0.6 is 11.3 Å². The van der Waals surface area contributed by atoms with Gasteiger partial charge in [-0.1, -0.05) is 54.1 Å². The fraction of sp³-hybridized carbons (Fsp3) is 0.103. The molecular formula is C29H24N4O3S. The van der Waals surface area contributed by atoms with Crippen molar-refractivity contribution < 1.29 is 14.7 Å². The molecule has 5 rings (SSSR count). The Hall–Kier alpha value is -4.56. The van der Waals surface area contributed by atoms with Crippen molar-refractivity contribution in [1.82, 2.24) is 9.97 Å². The number of urea groups is 1. The van der Waals surface area contributed by atoms with Crippen LogP contribution in [-0.4, -0.2) is 27.1 Å². The number of amides is 2. The highest BCUT2D eigenvalue weighted by atomic mass is 32.1. The van der Waals surface area contributed by atoms with E-state index < -0.39 is 5.97 Å². The van der Waals surface area contributed by atoms with E-state index in [-0.39, 0.29) is 12.5 Å². The Labute approximate surface area is 217 Å². The summed E-state index contributed by atoms with van der Waals surface area (Å²) in [7, 11) is 0. The van der Waals surface area contributed by atoms with Gasteiger partial charge in [-0.2, -0.15) is 0 Å². The number of anilines is 2. The molecule has 0 atom stereocenters. The number of carboxylic acids is 1. The highest BCUT2D eigenvalue weighted by Gasteiger charge is 2.14. The molecule has 3 aromatic carbocycles. The molecule has 37 heavy (non-hydrogen) atoms. The van der Waals surface area contributed by atoms with Crippen molar-refractivity contribution in [1.29, 1.82) is 0 Å². The lowest BCUT2D eigenvalue weighted by molar-refractivity contribution is -0.136. The minimum atomic E-state index is -0.800. The van der Waals surface area contributed by atoms with E-state index in [1.807, 2.05) is 79.7 Å². The Morgan fingerprint density at radius 1 is 0.838 bits per heavy atom. The van der Waals surface area contributed by atoms with E-state index in [1.165, 1.54) is 0 Å². The van der Waals surface area contributed by atoms with Crippen molar-refractivity contribution in [2.24, 2.45) is 0 Å². The van der Waals surface area contributed by atoms with Gasteiger partial charge < -0.3 is 15.7 Å². The van der Waals surface area contributed by atoms with E-state index in [0.29, 0.717) is 12.1 Å². The minimum absolute atomic E-state index is 0.114. The van der Waals surface area contributed by atoms with Gasteiger partial charge in [-0.3, -0.25) is 4.79 Å². The zero-order chi connectivity index (χ0) is 25.8. The van der Waals surface area contributed by atoms with E-state index >= 15 is 0 Å². The highest BCUT2D eigenvalue weighted by Crippen LogP contribution is 2.37. The number of carbonyl (C=O) groups excluding carboxylic acids is 1. The van der Waals surface area contributed by atoms with Crippen molar-refractivity contribution in [2.45, 2.75) is 19.8 Å². The molecule has 184 valence electrons. The number of rotatable bonds is 7. The van der Waals surface area contributed by atoms with Gasteiger partial charge in [-0.15, -0.1) is 11.3 Å². The maximum Gasteiger partial charge on any atom is 0.323 e. The van der Waals surface area contributed by atoms with Crippen LogP contribution in [0.5, 0.6) is 0 Å². The Bertz CT molecular complexity index is 1560. The predicted molar refractivity (Wildman–Crippen MR) is 148 cm³/mol. The van der Waals surface area contributed by atoms with Crippen LogP contribution in [0.4, 0.5) is 16.2 Å². The lowest BCUT2D eigenvalue weighted by atomic mass is 10.0. The lowest BCUT2D eigenvalue weighted by Crippen LogP contribution is -2.19. The van der Waals surface area contributed by atoms with Gasteiger partial charge in [0.1, 0.15) is 6.33 Å². The monoisotopic (exact) mass is 508 g/mol. The number of aromatic nitrogens is 2. The first-order valence-electron chi connectivity index (χ1n) is 11.7. The number of hydrogen-bond acceptors (Lipinski definition) is 5. The van der Waals surface area contributed by atoms with E-state index in [2.05, 4.69) is 26.0 Å². The van der Waals surface area contributed by atoms with Crippen LogP contribution in [0.2, 0.25) is 0 Å². The Kier molecular flexibility index (Phi) is 6.91. The van der Waals surface area contributed by atoms with E-state index in [1.54, 1.807) is 17.7 Å². The standard InChI is InChI=1S/C29H24N4O3S/c1-18-2-11-22(12-3-18)32-29(36)33-23-13-9-21(10-14-23)26-28-27(31-17-30-26)24(16-37-28)20-7-4-19(5-8-20)6-15-25(34)35/h2-5,7-14,16-17H,6,15H2,1H3,(H,34,35)(H2,32,33,36). The van der Waals surface area contributed by atoms with Crippen LogP contribution in [0, 0.1) is 6.92 Å². The molecule has 0 aliphatic heterocycles. The average molecular weight is 509 g/mol. The summed E-state index contributed by atoms with van der Waals surface area (Å²) in [5, 5.41) is 16.6. The molecule has 0 spiro atoms. The molecule has 0 bridgehead atoms. The first kappa shape index (κ1) is 24.1. The minimum Gasteiger partial charge on any atom is -0.481 e. The summed E-state index contributed by atoms with van der Waals surface area (Å²) in [4.78, 5) is 32.3. The Balaban J connectivity index is 1.32. The van der Waals surface area contributed by atoms with Crippen molar-refractivity contribution in [3.8, 4) is 22.4 Å². The second-order valence-electron chi connectivity index (χ2n) is 8.66. The average Bonchev–Trinajstić information content (AvgIpc) is 3.34. The first-order valence-corrected chi connectivity index (χ1v) is 12.6. The fourth-order valence-corrected chi connectivity index (χ4v) is 5.05. The van der Waals surface area contributed by atoms with Gasteiger partial charge in [-0.05, 0) is 48.7 Å². The molecule has 2 amide bonds. The molecule has 2 aromatic heterocycles. The van der Waals surface area contributed by atoms with E-state index in [4.69, 9.17) is 5.11 Å². The maximum atomic E-state index is 12.4. The molecular weight excluding hydrogens is 484 g/mol. The molecule has 0 saturated heterocycles. The number of benzene rings is 3. The Morgan fingerprint density at radius 3 is 2.11 bits per heavy atom. The molecule has 0 radical (unpaired) electrons. The topological polar surface area (TPSA) is 104 Å². The van der Waals surface area contributed by atoms with Crippen molar-refractivity contribution in [3.05, 3.63) is 95.6 Å². The zero-order valence-electron chi connectivity index (χ0n) is 20.1. The molecule has 0 aliphatic rings. The summed E-state index contributed by atoms with van der Waals surface area (Å²) < 4.78 is 0.977. The normalized spacial score (nSPS) is 10.8. The van der Waals surface area contributed by atoms with Crippen LogP contribution in [0.25, 0.3) is 32.6 Å². The molecule has 3 N–H and O–H groups in total.